The van der Waals surface area contributed by atoms with Crippen LogP contribution in [0, 0.1) is 5.92 Å². The Morgan fingerprint density at radius 2 is 2.40 bits per heavy atom. The van der Waals surface area contributed by atoms with Gasteiger partial charge in [-0.2, -0.15) is 0 Å². The molecule has 20 heavy (non-hydrogen) atoms. The summed E-state index contributed by atoms with van der Waals surface area (Å²) in [6, 6.07) is 0. The first-order valence-electron chi connectivity index (χ1n) is 7.18. The van der Waals surface area contributed by atoms with E-state index in [0.29, 0.717) is 11.7 Å². The van der Waals surface area contributed by atoms with Crippen LogP contribution in [0.2, 0.25) is 0 Å². The molecule has 3 fully saturated rings. The molecule has 1 atom stereocenters. The van der Waals surface area contributed by atoms with Crippen molar-refractivity contribution in [1.29, 1.82) is 0 Å². The van der Waals surface area contributed by atoms with E-state index in [2.05, 4.69) is 5.16 Å². The molecular weight excluding hydrogens is 276 g/mol. The second-order valence-electron chi connectivity index (χ2n) is 6.17. The summed E-state index contributed by atoms with van der Waals surface area (Å²) < 4.78 is 10.9. The monoisotopic (exact) mass is 294 g/mol. The van der Waals surface area contributed by atoms with Crippen LogP contribution in [0.15, 0.2) is 17.0 Å². The van der Waals surface area contributed by atoms with Crippen LogP contribution in [0.25, 0.3) is 0 Å². The van der Waals surface area contributed by atoms with E-state index < -0.39 is 0 Å². The van der Waals surface area contributed by atoms with Gasteiger partial charge >= 0.3 is 0 Å². The Labute approximate surface area is 122 Å². The summed E-state index contributed by atoms with van der Waals surface area (Å²) in [5.41, 5.74) is 0.546. The molecule has 1 aromatic heterocycles. The van der Waals surface area contributed by atoms with Crippen molar-refractivity contribution in [2.75, 3.05) is 25.4 Å². The number of hydrogen-bond donors (Lipinski definition) is 0. The lowest BCUT2D eigenvalue weighted by atomic mass is 9.92. The van der Waals surface area contributed by atoms with E-state index in [1.165, 1.54) is 25.3 Å². The van der Waals surface area contributed by atoms with Gasteiger partial charge in [0.1, 0.15) is 6.26 Å². The summed E-state index contributed by atoms with van der Waals surface area (Å²) in [5.74, 6) is 1.92. The smallest absolute Gasteiger partial charge is 0.258 e. The zero-order chi connectivity index (χ0) is 13.6. The third-order valence-electron chi connectivity index (χ3n) is 4.36. The molecule has 0 N–H and O–H groups in total. The Morgan fingerprint density at radius 3 is 3.10 bits per heavy atom. The Bertz CT molecular complexity index is 495. The topological polar surface area (TPSA) is 55.6 Å². The Morgan fingerprint density at radius 1 is 1.55 bits per heavy atom. The predicted molar refractivity (Wildman–Crippen MR) is 74.7 cm³/mol. The molecule has 1 saturated carbocycles. The molecule has 108 valence electrons. The van der Waals surface area contributed by atoms with Gasteiger partial charge in [0.2, 0.25) is 0 Å². The first kappa shape index (κ1) is 12.7. The molecule has 4 rings (SSSR count). The number of nitrogens with zero attached hydrogens (tertiary/aromatic N) is 2. The first-order valence-corrected chi connectivity index (χ1v) is 8.17. The molecule has 6 heteroatoms. The number of likely N-dealkylation sites (tertiary alicyclic amines) is 1. The normalized spacial score (nSPS) is 27.8. The van der Waals surface area contributed by atoms with E-state index in [1.807, 2.05) is 16.7 Å². The van der Waals surface area contributed by atoms with Gasteiger partial charge in [0.05, 0.1) is 22.6 Å². The van der Waals surface area contributed by atoms with Crippen LogP contribution in [0.3, 0.4) is 0 Å². The zero-order valence-corrected chi connectivity index (χ0v) is 12.1. The van der Waals surface area contributed by atoms with Gasteiger partial charge in [-0.1, -0.05) is 5.16 Å². The number of amides is 1. The highest BCUT2D eigenvalue weighted by Crippen LogP contribution is 2.46. The van der Waals surface area contributed by atoms with Gasteiger partial charge in [0.25, 0.3) is 5.91 Å². The van der Waals surface area contributed by atoms with Gasteiger partial charge in [0.15, 0.2) is 0 Å². The molecule has 5 nitrogen and oxygen atoms in total. The fourth-order valence-electron chi connectivity index (χ4n) is 2.97. The van der Waals surface area contributed by atoms with Gasteiger partial charge in [-0.05, 0) is 25.2 Å². The number of carbonyl (C=O) groups excluding carboxylic acids is 1. The molecule has 3 aliphatic rings. The van der Waals surface area contributed by atoms with Crippen LogP contribution in [0.1, 0.15) is 29.6 Å². The van der Waals surface area contributed by atoms with Gasteiger partial charge in [-0.15, -0.1) is 11.8 Å². The van der Waals surface area contributed by atoms with E-state index in [0.717, 1.165) is 37.8 Å². The number of ether oxygens (including phenoxy) is 1. The molecule has 2 saturated heterocycles. The Hall–Kier alpha value is -1.01. The van der Waals surface area contributed by atoms with Crippen LogP contribution in [-0.4, -0.2) is 52.3 Å². The van der Waals surface area contributed by atoms with Crippen molar-refractivity contribution in [3.05, 3.63) is 18.0 Å². The standard InChI is InChI=1S/C14H18N2O3S/c17-13(11-4-15-19-6-11)16-8-14(9-16)3-12(7-20-14)18-5-10-1-2-10/h4,6,10,12H,1-3,5,7-9H2/t12-/m0/s1. The fraction of sp³-hybridized carbons (Fsp3) is 0.714. The molecule has 0 unspecified atom stereocenters. The maximum Gasteiger partial charge on any atom is 0.258 e. The Kier molecular flexibility index (Phi) is 3.03. The van der Waals surface area contributed by atoms with Crippen molar-refractivity contribution >= 4 is 17.7 Å². The molecule has 3 heterocycles. The summed E-state index contributed by atoms with van der Waals surface area (Å²) in [6.07, 6.45) is 7.04. The van der Waals surface area contributed by atoms with E-state index in [1.54, 1.807) is 0 Å². The predicted octanol–water partition coefficient (Wildman–Crippen LogP) is 1.80. The third kappa shape index (κ3) is 2.35. The molecule has 1 amide bonds. The summed E-state index contributed by atoms with van der Waals surface area (Å²) >= 11 is 1.97. The second-order valence-corrected chi connectivity index (χ2v) is 7.66. The molecule has 1 aromatic rings. The maximum atomic E-state index is 12.1. The van der Waals surface area contributed by atoms with Crippen LogP contribution < -0.4 is 0 Å². The third-order valence-corrected chi connectivity index (χ3v) is 5.94. The highest BCUT2D eigenvalue weighted by atomic mass is 32.2. The number of hydrogen-bond acceptors (Lipinski definition) is 5. The van der Waals surface area contributed by atoms with Crippen molar-refractivity contribution in [3.63, 3.8) is 0 Å². The molecule has 0 bridgehead atoms. The zero-order valence-electron chi connectivity index (χ0n) is 11.3. The van der Waals surface area contributed by atoms with Gasteiger partial charge in [0, 0.05) is 25.4 Å². The molecular formula is C14H18N2O3S. The number of carbonyl (C=O) groups is 1. The van der Waals surface area contributed by atoms with E-state index >= 15 is 0 Å². The Balaban J connectivity index is 1.28. The lowest BCUT2D eigenvalue weighted by molar-refractivity contribution is 0.0286. The van der Waals surface area contributed by atoms with Crippen molar-refractivity contribution in [2.45, 2.75) is 30.1 Å². The van der Waals surface area contributed by atoms with Crippen molar-refractivity contribution < 1.29 is 14.1 Å². The largest absolute Gasteiger partial charge is 0.377 e. The summed E-state index contributed by atoms with van der Waals surface area (Å²) in [6.45, 7) is 2.58. The van der Waals surface area contributed by atoms with Crippen LogP contribution >= 0.6 is 11.8 Å². The second kappa shape index (κ2) is 4.77. The lowest BCUT2D eigenvalue weighted by Crippen LogP contribution is -2.60. The van der Waals surface area contributed by atoms with Crippen LogP contribution in [-0.2, 0) is 4.74 Å². The number of aromatic nitrogens is 1. The highest BCUT2D eigenvalue weighted by Gasteiger charge is 2.51. The summed E-state index contributed by atoms with van der Waals surface area (Å²) in [7, 11) is 0. The molecule has 0 radical (unpaired) electrons. The molecule has 1 aliphatic carbocycles. The summed E-state index contributed by atoms with van der Waals surface area (Å²) in [5, 5.41) is 3.58. The number of thioether (sulfide) groups is 1. The van der Waals surface area contributed by atoms with Crippen molar-refractivity contribution in [1.82, 2.24) is 10.1 Å². The minimum Gasteiger partial charge on any atom is -0.377 e. The van der Waals surface area contributed by atoms with Crippen molar-refractivity contribution in [2.24, 2.45) is 5.92 Å². The van der Waals surface area contributed by atoms with Crippen LogP contribution in [0.4, 0.5) is 0 Å². The molecule has 1 spiro atoms. The van der Waals surface area contributed by atoms with Gasteiger partial charge < -0.3 is 14.2 Å². The quantitative estimate of drug-likeness (QED) is 0.847. The molecule has 2 aliphatic heterocycles. The van der Waals surface area contributed by atoms with Gasteiger partial charge in [-0.3, -0.25) is 4.79 Å². The van der Waals surface area contributed by atoms with E-state index in [4.69, 9.17) is 9.26 Å². The maximum absolute atomic E-state index is 12.1. The average Bonchev–Trinajstić information content (AvgIpc) is 2.93. The molecule has 0 aromatic carbocycles. The fourth-order valence-corrected chi connectivity index (χ4v) is 4.52. The SMILES string of the molecule is O=C(c1cnoc1)N1CC2(C[C@H](OCC3CC3)CS2)C1. The van der Waals surface area contributed by atoms with Crippen LogP contribution in [0.5, 0.6) is 0 Å². The minimum atomic E-state index is 0.0276. The lowest BCUT2D eigenvalue weighted by Gasteiger charge is -2.47. The minimum absolute atomic E-state index is 0.0276. The summed E-state index contributed by atoms with van der Waals surface area (Å²) in [4.78, 5) is 14.0. The van der Waals surface area contributed by atoms with Gasteiger partial charge in [-0.25, -0.2) is 0 Å². The van der Waals surface area contributed by atoms with Crippen molar-refractivity contribution in [3.8, 4) is 0 Å². The first-order chi connectivity index (χ1) is 9.74. The van der Waals surface area contributed by atoms with E-state index in [-0.39, 0.29) is 10.7 Å². The highest BCUT2D eigenvalue weighted by molar-refractivity contribution is 8.01. The average molecular weight is 294 g/mol. The number of rotatable bonds is 4. The van der Waals surface area contributed by atoms with E-state index in [9.17, 15) is 4.79 Å².